The smallest absolute Gasteiger partial charge is 0.158 e. The Bertz CT molecular complexity index is 259. The second-order valence-electron chi connectivity index (χ2n) is 3.55. The van der Waals surface area contributed by atoms with Crippen molar-refractivity contribution in [1.29, 1.82) is 0 Å². The molecule has 0 saturated carbocycles. The molecule has 0 fully saturated rings. The Hall–Kier alpha value is -0.260. The van der Waals surface area contributed by atoms with Gasteiger partial charge in [-0.1, -0.05) is 20.8 Å². The monoisotopic (exact) mass is 265 g/mol. The number of H-pyrrole nitrogens is 1. The summed E-state index contributed by atoms with van der Waals surface area (Å²) in [5, 5.41) is 6.86. The third-order valence-corrected chi connectivity index (χ3v) is 2.57. The molecule has 62 valence electrons. The number of nitrogens with one attached hydrogen (secondary N) is 1. The number of aromatic nitrogens is 2. The number of anilines is 1. The molecule has 0 bridgehead atoms. The topological polar surface area (TPSA) is 54.7 Å². The largest absolute Gasteiger partial charge is 0.381 e. The molecule has 0 aliphatic rings. The van der Waals surface area contributed by atoms with E-state index in [2.05, 4.69) is 53.6 Å². The number of hydrogen-bond donors (Lipinski definition) is 2. The third-order valence-electron chi connectivity index (χ3n) is 1.48. The van der Waals surface area contributed by atoms with Crippen molar-refractivity contribution >= 4 is 28.4 Å². The van der Waals surface area contributed by atoms with Crippen molar-refractivity contribution in [3.63, 3.8) is 0 Å². The van der Waals surface area contributed by atoms with Gasteiger partial charge in [-0.15, -0.1) is 0 Å². The Balaban J connectivity index is 3.15. The van der Waals surface area contributed by atoms with Crippen LogP contribution in [0.2, 0.25) is 0 Å². The lowest BCUT2D eigenvalue weighted by Crippen LogP contribution is -2.13. The zero-order valence-electron chi connectivity index (χ0n) is 6.90. The third kappa shape index (κ3) is 1.66. The van der Waals surface area contributed by atoms with Crippen LogP contribution >= 0.6 is 22.6 Å². The van der Waals surface area contributed by atoms with Crippen LogP contribution < -0.4 is 5.73 Å². The highest BCUT2D eigenvalue weighted by Crippen LogP contribution is 2.27. The van der Waals surface area contributed by atoms with Crippen LogP contribution in [0, 0.1) is 3.57 Å². The van der Waals surface area contributed by atoms with Crippen molar-refractivity contribution in [3.8, 4) is 0 Å². The average Bonchev–Trinajstić information content (AvgIpc) is 2.11. The number of nitrogens with two attached hydrogens (primary N) is 1. The molecule has 0 saturated heterocycles. The summed E-state index contributed by atoms with van der Waals surface area (Å²) in [6.45, 7) is 6.38. The molecular formula is C7H12IN3. The van der Waals surface area contributed by atoms with Crippen LogP contribution in [0.25, 0.3) is 0 Å². The summed E-state index contributed by atoms with van der Waals surface area (Å²) in [6.07, 6.45) is 0. The molecule has 0 spiro atoms. The van der Waals surface area contributed by atoms with E-state index in [1.807, 2.05) is 0 Å². The van der Waals surface area contributed by atoms with Crippen LogP contribution in [-0.2, 0) is 5.41 Å². The van der Waals surface area contributed by atoms with Crippen molar-refractivity contribution < 1.29 is 0 Å². The Kier molecular flexibility index (Phi) is 2.13. The molecule has 0 amide bonds. The number of halogens is 1. The first kappa shape index (κ1) is 8.83. The SMILES string of the molecule is CC(C)(C)c1[nH]nc(N)c1I. The first-order chi connectivity index (χ1) is 4.93. The fraction of sp³-hybridized carbons (Fsp3) is 0.571. The fourth-order valence-electron chi connectivity index (χ4n) is 0.839. The van der Waals surface area contributed by atoms with Crippen LogP contribution in [0.4, 0.5) is 5.82 Å². The van der Waals surface area contributed by atoms with Gasteiger partial charge >= 0.3 is 0 Å². The minimum absolute atomic E-state index is 0.0984. The quantitative estimate of drug-likeness (QED) is 0.704. The number of hydrogen-bond acceptors (Lipinski definition) is 2. The molecule has 4 heteroatoms. The Labute approximate surface area is 79.9 Å². The molecule has 1 heterocycles. The second kappa shape index (κ2) is 2.66. The molecule has 0 aliphatic heterocycles. The van der Waals surface area contributed by atoms with Gasteiger partial charge in [0.2, 0.25) is 0 Å². The van der Waals surface area contributed by atoms with Gasteiger partial charge in [-0.05, 0) is 22.6 Å². The maximum absolute atomic E-state index is 5.59. The van der Waals surface area contributed by atoms with E-state index in [1.54, 1.807) is 0 Å². The molecule has 0 unspecified atom stereocenters. The standard InChI is InChI=1S/C7H12IN3/c1-7(2,3)5-4(8)6(9)11-10-5/h1-3H3,(H3,9,10,11). The normalized spacial score (nSPS) is 12.0. The summed E-state index contributed by atoms with van der Waals surface area (Å²) >= 11 is 2.21. The predicted octanol–water partition coefficient (Wildman–Crippen LogP) is 1.89. The lowest BCUT2D eigenvalue weighted by molar-refractivity contribution is 0.563. The Morgan fingerprint density at radius 3 is 2.18 bits per heavy atom. The molecular weight excluding hydrogens is 253 g/mol. The van der Waals surface area contributed by atoms with Crippen LogP contribution in [-0.4, -0.2) is 10.2 Å². The maximum atomic E-state index is 5.59. The molecule has 0 aliphatic carbocycles. The summed E-state index contributed by atoms with van der Waals surface area (Å²) in [7, 11) is 0. The minimum atomic E-state index is 0.0984. The van der Waals surface area contributed by atoms with Gasteiger partial charge in [0.25, 0.3) is 0 Å². The van der Waals surface area contributed by atoms with Crippen molar-refractivity contribution in [1.82, 2.24) is 10.2 Å². The van der Waals surface area contributed by atoms with Gasteiger partial charge in [-0.3, -0.25) is 5.10 Å². The van der Waals surface area contributed by atoms with Crippen molar-refractivity contribution in [2.24, 2.45) is 0 Å². The molecule has 1 aromatic rings. The zero-order valence-corrected chi connectivity index (χ0v) is 9.06. The van der Waals surface area contributed by atoms with Gasteiger partial charge in [-0.2, -0.15) is 5.10 Å². The van der Waals surface area contributed by atoms with Crippen molar-refractivity contribution in [2.75, 3.05) is 5.73 Å². The number of nitrogen functional groups attached to an aromatic ring is 1. The maximum Gasteiger partial charge on any atom is 0.158 e. The van der Waals surface area contributed by atoms with Gasteiger partial charge in [0.1, 0.15) is 0 Å². The zero-order chi connectivity index (χ0) is 8.65. The number of aromatic amines is 1. The van der Waals surface area contributed by atoms with E-state index in [1.165, 1.54) is 0 Å². The number of rotatable bonds is 0. The molecule has 0 atom stereocenters. The summed E-state index contributed by atoms with van der Waals surface area (Å²) in [6, 6.07) is 0. The molecule has 1 aromatic heterocycles. The van der Waals surface area contributed by atoms with Crippen LogP contribution in [0.15, 0.2) is 0 Å². The highest BCUT2D eigenvalue weighted by Gasteiger charge is 2.20. The van der Waals surface area contributed by atoms with Gasteiger partial charge in [0.05, 0.1) is 9.26 Å². The van der Waals surface area contributed by atoms with Crippen molar-refractivity contribution in [2.45, 2.75) is 26.2 Å². The van der Waals surface area contributed by atoms with E-state index in [4.69, 9.17) is 5.73 Å². The minimum Gasteiger partial charge on any atom is -0.381 e. The average molecular weight is 265 g/mol. The van der Waals surface area contributed by atoms with E-state index in [0.29, 0.717) is 5.82 Å². The Morgan fingerprint density at radius 1 is 1.45 bits per heavy atom. The van der Waals surface area contributed by atoms with Crippen LogP contribution in [0.5, 0.6) is 0 Å². The first-order valence-electron chi connectivity index (χ1n) is 3.42. The van der Waals surface area contributed by atoms with E-state index in [0.717, 1.165) is 9.26 Å². The highest BCUT2D eigenvalue weighted by molar-refractivity contribution is 14.1. The van der Waals surface area contributed by atoms with Crippen LogP contribution in [0.3, 0.4) is 0 Å². The first-order valence-corrected chi connectivity index (χ1v) is 4.50. The van der Waals surface area contributed by atoms with E-state index in [9.17, 15) is 0 Å². The molecule has 3 nitrogen and oxygen atoms in total. The summed E-state index contributed by atoms with van der Waals surface area (Å²) in [5.41, 5.74) is 6.79. The highest BCUT2D eigenvalue weighted by atomic mass is 127. The van der Waals surface area contributed by atoms with E-state index < -0.39 is 0 Å². The van der Waals surface area contributed by atoms with Gasteiger partial charge in [0.15, 0.2) is 5.82 Å². The fourth-order valence-corrected chi connectivity index (χ4v) is 1.89. The summed E-state index contributed by atoms with van der Waals surface area (Å²) in [4.78, 5) is 0. The van der Waals surface area contributed by atoms with Gasteiger partial charge < -0.3 is 5.73 Å². The second-order valence-corrected chi connectivity index (χ2v) is 4.63. The van der Waals surface area contributed by atoms with E-state index >= 15 is 0 Å². The molecule has 3 N–H and O–H groups in total. The van der Waals surface area contributed by atoms with E-state index in [-0.39, 0.29) is 5.41 Å². The predicted molar refractivity (Wildman–Crippen MR) is 54.4 cm³/mol. The molecule has 1 rings (SSSR count). The summed E-state index contributed by atoms with van der Waals surface area (Å²) < 4.78 is 1.04. The molecule has 0 aromatic carbocycles. The summed E-state index contributed by atoms with van der Waals surface area (Å²) in [5.74, 6) is 0.593. The Morgan fingerprint density at radius 2 is 2.00 bits per heavy atom. The molecule has 11 heavy (non-hydrogen) atoms. The number of nitrogens with zero attached hydrogens (tertiary/aromatic N) is 1. The van der Waals surface area contributed by atoms with Crippen LogP contribution in [0.1, 0.15) is 26.5 Å². The van der Waals surface area contributed by atoms with Crippen molar-refractivity contribution in [3.05, 3.63) is 9.26 Å². The lowest BCUT2D eigenvalue weighted by Gasteiger charge is -2.16. The van der Waals surface area contributed by atoms with Gasteiger partial charge in [0, 0.05) is 5.41 Å². The van der Waals surface area contributed by atoms with Gasteiger partial charge in [-0.25, -0.2) is 0 Å². The lowest BCUT2D eigenvalue weighted by atomic mass is 9.92. The molecule has 0 radical (unpaired) electrons.